The molecule has 0 saturated carbocycles. The Morgan fingerprint density at radius 2 is 2.20 bits per heavy atom. The first-order valence-corrected chi connectivity index (χ1v) is 8.89. The van der Waals surface area contributed by atoms with Crippen LogP contribution >= 0.6 is 0 Å². The van der Waals surface area contributed by atoms with E-state index in [0.29, 0.717) is 24.5 Å². The molecule has 0 bridgehead atoms. The molecule has 0 aliphatic carbocycles. The summed E-state index contributed by atoms with van der Waals surface area (Å²) >= 11 is 0. The number of nitrogens with one attached hydrogen (secondary N) is 1. The number of hydrogen-bond acceptors (Lipinski definition) is 5. The second-order valence-electron chi connectivity index (χ2n) is 7.11. The minimum atomic E-state index is -0.264. The molecule has 132 valence electrons. The van der Waals surface area contributed by atoms with Crippen LogP contribution < -0.4 is 5.32 Å². The van der Waals surface area contributed by atoms with Gasteiger partial charge in [0.15, 0.2) is 0 Å². The van der Waals surface area contributed by atoms with Crippen LogP contribution in [-0.4, -0.2) is 10.6 Å². The Morgan fingerprint density at radius 3 is 2.88 bits per heavy atom. The predicted octanol–water partition coefficient (Wildman–Crippen LogP) is 4.35. The molecule has 0 saturated heterocycles. The molecule has 0 fully saturated rings. The molecule has 3 rings (SSSR count). The van der Waals surface area contributed by atoms with Gasteiger partial charge in [-0.1, -0.05) is 13.3 Å². The van der Waals surface area contributed by atoms with Gasteiger partial charge in [-0.2, -0.15) is 5.26 Å². The maximum atomic E-state index is 9.77. The van der Waals surface area contributed by atoms with Crippen molar-refractivity contribution in [1.29, 1.82) is 5.26 Å². The predicted molar refractivity (Wildman–Crippen MR) is 96.2 cm³/mol. The number of anilines is 1. The van der Waals surface area contributed by atoms with Gasteiger partial charge >= 0.3 is 0 Å². The van der Waals surface area contributed by atoms with Crippen molar-refractivity contribution >= 4 is 5.82 Å². The number of ether oxygens (including phenoxy) is 1. The fourth-order valence-corrected chi connectivity index (χ4v) is 3.22. The molecule has 1 aliphatic rings. The highest BCUT2D eigenvalue weighted by atomic mass is 16.5. The summed E-state index contributed by atoms with van der Waals surface area (Å²) in [6.45, 7) is 7.35. The number of nitriles is 1. The maximum absolute atomic E-state index is 9.77. The van der Waals surface area contributed by atoms with Crippen LogP contribution in [0.15, 0.2) is 22.8 Å². The van der Waals surface area contributed by atoms with Gasteiger partial charge in [-0.25, -0.2) is 4.98 Å². The zero-order chi connectivity index (χ0) is 17.9. The molecular formula is C20H25N3O2. The first-order valence-electron chi connectivity index (χ1n) is 8.89. The van der Waals surface area contributed by atoms with Crippen LogP contribution in [0.25, 0.3) is 0 Å². The Morgan fingerprint density at radius 1 is 1.36 bits per heavy atom. The highest BCUT2D eigenvalue weighted by molar-refractivity contribution is 5.60. The fourth-order valence-electron chi connectivity index (χ4n) is 3.22. The molecule has 0 atom stereocenters. The van der Waals surface area contributed by atoms with Gasteiger partial charge in [-0.15, -0.1) is 0 Å². The van der Waals surface area contributed by atoms with Crippen molar-refractivity contribution in [2.24, 2.45) is 0 Å². The number of nitrogens with zero attached hydrogens (tertiary/aromatic N) is 2. The molecule has 25 heavy (non-hydrogen) atoms. The third kappa shape index (κ3) is 3.85. The topological polar surface area (TPSA) is 71.1 Å². The molecule has 0 radical (unpaired) electrons. The summed E-state index contributed by atoms with van der Waals surface area (Å²) in [5.74, 6) is 1.48. The number of hydrogen-bond donors (Lipinski definition) is 1. The van der Waals surface area contributed by atoms with E-state index >= 15 is 0 Å². The zero-order valence-electron chi connectivity index (χ0n) is 15.2. The Labute approximate surface area is 149 Å². The van der Waals surface area contributed by atoms with Crippen LogP contribution in [0.1, 0.15) is 61.8 Å². The Balaban J connectivity index is 1.99. The van der Waals surface area contributed by atoms with Gasteiger partial charge in [-0.05, 0) is 44.4 Å². The van der Waals surface area contributed by atoms with Crippen LogP contribution in [0.2, 0.25) is 0 Å². The van der Waals surface area contributed by atoms with Crippen molar-refractivity contribution in [3.8, 4) is 6.07 Å². The summed E-state index contributed by atoms with van der Waals surface area (Å²) in [7, 11) is 0. The highest BCUT2D eigenvalue weighted by Gasteiger charge is 2.31. The van der Waals surface area contributed by atoms with E-state index in [1.807, 2.05) is 12.1 Å². The lowest BCUT2D eigenvalue weighted by molar-refractivity contribution is -0.0407. The lowest BCUT2D eigenvalue weighted by atomic mass is 9.87. The molecule has 5 heteroatoms. The van der Waals surface area contributed by atoms with Crippen molar-refractivity contribution < 1.29 is 9.15 Å². The summed E-state index contributed by atoms with van der Waals surface area (Å²) < 4.78 is 11.4. The van der Waals surface area contributed by atoms with Gasteiger partial charge in [0, 0.05) is 17.7 Å². The van der Waals surface area contributed by atoms with Gasteiger partial charge < -0.3 is 14.5 Å². The summed E-state index contributed by atoms with van der Waals surface area (Å²) in [5.41, 5.74) is 3.61. The lowest BCUT2D eigenvalue weighted by Crippen LogP contribution is -2.33. The molecule has 1 N–H and O–H groups in total. The average molecular weight is 339 g/mol. The van der Waals surface area contributed by atoms with Crippen molar-refractivity contribution in [2.75, 3.05) is 5.32 Å². The van der Waals surface area contributed by atoms with Crippen molar-refractivity contribution in [3.05, 3.63) is 46.5 Å². The van der Waals surface area contributed by atoms with Crippen molar-refractivity contribution in [3.63, 3.8) is 0 Å². The van der Waals surface area contributed by atoms with Gasteiger partial charge in [0.1, 0.15) is 17.6 Å². The number of rotatable bonds is 6. The van der Waals surface area contributed by atoms with Crippen molar-refractivity contribution in [2.45, 2.75) is 65.2 Å². The Bertz CT molecular complexity index is 773. The Hall–Kier alpha value is -2.32. The van der Waals surface area contributed by atoms with Crippen LogP contribution in [0.3, 0.4) is 0 Å². The SMILES string of the molecule is CCCCc1nc(NCc2ccco2)c(C#N)c2c1COC(C)(C)C2. The molecule has 1 aliphatic heterocycles. The summed E-state index contributed by atoms with van der Waals surface area (Å²) in [4.78, 5) is 4.79. The molecule has 5 nitrogen and oxygen atoms in total. The molecule has 2 aromatic rings. The average Bonchev–Trinajstić information content (AvgIpc) is 3.10. The monoisotopic (exact) mass is 339 g/mol. The second-order valence-corrected chi connectivity index (χ2v) is 7.11. The first kappa shape index (κ1) is 17.5. The number of furan rings is 1. The van der Waals surface area contributed by atoms with E-state index < -0.39 is 0 Å². The minimum Gasteiger partial charge on any atom is -0.467 e. The highest BCUT2D eigenvalue weighted by Crippen LogP contribution is 2.34. The van der Waals surface area contributed by atoms with E-state index in [4.69, 9.17) is 14.1 Å². The third-order valence-electron chi connectivity index (χ3n) is 4.60. The van der Waals surface area contributed by atoms with E-state index in [1.54, 1.807) is 6.26 Å². The van der Waals surface area contributed by atoms with E-state index in [-0.39, 0.29) is 5.60 Å². The summed E-state index contributed by atoms with van der Waals surface area (Å²) in [6, 6.07) is 6.13. The van der Waals surface area contributed by atoms with E-state index in [9.17, 15) is 5.26 Å². The molecule has 0 unspecified atom stereocenters. The molecule has 0 spiro atoms. The zero-order valence-corrected chi connectivity index (χ0v) is 15.2. The van der Waals surface area contributed by atoms with Gasteiger partial charge in [-0.3, -0.25) is 0 Å². The largest absolute Gasteiger partial charge is 0.467 e. The molecular weight excluding hydrogens is 314 g/mol. The van der Waals surface area contributed by atoms with Crippen LogP contribution in [0.5, 0.6) is 0 Å². The molecule has 0 aromatic carbocycles. The molecule has 2 aromatic heterocycles. The van der Waals surface area contributed by atoms with Crippen molar-refractivity contribution in [1.82, 2.24) is 4.98 Å². The number of aromatic nitrogens is 1. The van der Waals surface area contributed by atoms with E-state index in [0.717, 1.165) is 48.3 Å². The number of aryl methyl sites for hydroxylation is 1. The van der Waals surface area contributed by atoms with Crippen LogP contribution in [0, 0.1) is 11.3 Å². The Kier molecular flexibility index (Phi) is 5.10. The number of pyridine rings is 1. The summed E-state index contributed by atoms with van der Waals surface area (Å²) in [5, 5.41) is 13.1. The number of unbranched alkanes of at least 4 members (excludes halogenated alkanes) is 1. The molecule has 3 heterocycles. The fraction of sp³-hybridized carbons (Fsp3) is 0.500. The second kappa shape index (κ2) is 7.28. The molecule has 0 amide bonds. The van der Waals surface area contributed by atoms with Gasteiger partial charge in [0.2, 0.25) is 0 Å². The third-order valence-corrected chi connectivity index (χ3v) is 4.60. The lowest BCUT2D eigenvalue weighted by Gasteiger charge is -2.33. The van der Waals surface area contributed by atoms with Gasteiger partial charge in [0.25, 0.3) is 0 Å². The normalized spacial score (nSPS) is 15.4. The van der Waals surface area contributed by atoms with Crippen LogP contribution in [0.4, 0.5) is 5.82 Å². The van der Waals surface area contributed by atoms with E-state index in [2.05, 4.69) is 32.2 Å². The number of fused-ring (bicyclic) bond motifs is 1. The standard InChI is InChI=1S/C20H25N3O2/c1-4-5-8-18-17-13-25-20(2,3)10-15(17)16(11-21)19(23-18)22-12-14-7-6-9-24-14/h6-7,9H,4-5,8,10,12-13H2,1-3H3,(H,22,23). The van der Waals surface area contributed by atoms with E-state index in [1.165, 1.54) is 0 Å². The first-order chi connectivity index (χ1) is 12.0. The van der Waals surface area contributed by atoms with Gasteiger partial charge in [0.05, 0.1) is 30.6 Å². The maximum Gasteiger partial charge on any atom is 0.144 e. The quantitative estimate of drug-likeness (QED) is 0.847. The van der Waals surface area contributed by atoms with Crippen LogP contribution in [-0.2, 0) is 30.7 Å². The summed E-state index contributed by atoms with van der Waals surface area (Å²) in [6.07, 6.45) is 5.46. The minimum absolute atomic E-state index is 0.264. The smallest absolute Gasteiger partial charge is 0.144 e.